The largest absolute Gasteiger partial charge is 0.384 e. The van der Waals surface area contributed by atoms with Gasteiger partial charge in [-0.25, -0.2) is 0 Å². The van der Waals surface area contributed by atoms with E-state index in [0.29, 0.717) is 13.0 Å². The molecular formula is C10H12N2O. The minimum absolute atomic E-state index is 0.0225. The highest BCUT2D eigenvalue weighted by molar-refractivity contribution is 5.40. The Morgan fingerprint density at radius 2 is 2.46 bits per heavy atom. The third-order valence-corrected chi connectivity index (χ3v) is 1.70. The highest BCUT2D eigenvalue weighted by Crippen LogP contribution is 2.00. The molecule has 3 heteroatoms. The van der Waals surface area contributed by atoms with E-state index in [1.54, 1.807) is 19.3 Å². The Morgan fingerprint density at radius 1 is 1.69 bits per heavy atom. The van der Waals surface area contributed by atoms with E-state index < -0.39 is 0 Å². The van der Waals surface area contributed by atoms with Crippen molar-refractivity contribution in [3.8, 4) is 12.3 Å². The highest BCUT2D eigenvalue weighted by Gasteiger charge is 1.93. The first-order valence-corrected chi connectivity index (χ1v) is 4.08. The Labute approximate surface area is 77.4 Å². The lowest BCUT2D eigenvalue weighted by molar-refractivity contribution is 0.860. The SMILES string of the molecule is C#CCCNc1ccn(C)c(=O)c1. The van der Waals surface area contributed by atoms with E-state index in [0.717, 1.165) is 5.69 Å². The summed E-state index contributed by atoms with van der Waals surface area (Å²) in [6, 6.07) is 3.40. The number of aryl methyl sites for hydroxylation is 1. The van der Waals surface area contributed by atoms with Crippen LogP contribution in [0.3, 0.4) is 0 Å². The zero-order valence-electron chi connectivity index (χ0n) is 7.58. The van der Waals surface area contributed by atoms with Crippen LogP contribution in [-0.4, -0.2) is 11.1 Å². The second kappa shape index (κ2) is 4.36. The molecule has 0 fully saturated rings. The van der Waals surface area contributed by atoms with Crippen molar-refractivity contribution in [3.63, 3.8) is 0 Å². The van der Waals surface area contributed by atoms with Crippen LogP contribution in [-0.2, 0) is 7.05 Å². The smallest absolute Gasteiger partial charge is 0.252 e. The molecule has 0 amide bonds. The molecule has 1 aromatic rings. The van der Waals surface area contributed by atoms with Crippen LogP contribution in [0.1, 0.15) is 6.42 Å². The summed E-state index contributed by atoms with van der Waals surface area (Å²) in [6.07, 6.45) is 7.48. The molecule has 0 aliphatic rings. The van der Waals surface area contributed by atoms with Crippen LogP contribution in [0, 0.1) is 12.3 Å². The van der Waals surface area contributed by atoms with E-state index >= 15 is 0 Å². The maximum atomic E-state index is 11.2. The van der Waals surface area contributed by atoms with Crippen LogP contribution in [0.5, 0.6) is 0 Å². The van der Waals surface area contributed by atoms with Gasteiger partial charge in [0.2, 0.25) is 0 Å². The summed E-state index contributed by atoms with van der Waals surface area (Å²) in [5.74, 6) is 2.52. The summed E-state index contributed by atoms with van der Waals surface area (Å²) in [7, 11) is 1.72. The third-order valence-electron chi connectivity index (χ3n) is 1.70. The second-order valence-electron chi connectivity index (χ2n) is 2.75. The molecule has 0 atom stereocenters. The molecule has 3 nitrogen and oxygen atoms in total. The second-order valence-corrected chi connectivity index (χ2v) is 2.75. The number of terminal acetylenes is 1. The topological polar surface area (TPSA) is 34.0 Å². The number of hydrogen-bond donors (Lipinski definition) is 1. The third kappa shape index (κ3) is 2.68. The molecule has 1 aromatic heterocycles. The van der Waals surface area contributed by atoms with E-state index in [1.165, 1.54) is 4.57 Å². The zero-order chi connectivity index (χ0) is 9.68. The molecule has 0 bridgehead atoms. The van der Waals surface area contributed by atoms with E-state index in [4.69, 9.17) is 6.42 Å². The molecule has 1 heterocycles. The van der Waals surface area contributed by atoms with E-state index in [2.05, 4.69) is 11.2 Å². The van der Waals surface area contributed by atoms with Gasteiger partial charge in [-0.3, -0.25) is 4.79 Å². The summed E-state index contributed by atoms with van der Waals surface area (Å²) in [5, 5.41) is 3.06. The van der Waals surface area contributed by atoms with Crippen LogP contribution >= 0.6 is 0 Å². The van der Waals surface area contributed by atoms with Gasteiger partial charge in [-0.05, 0) is 6.07 Å². The van der Waals surface area contributed by atoms with E-state index in [9.17, 15) is 4.79 Å². The fourth-order valence-electron chi connectivity index (χ4n) is 0.937. The first-order valence-electron chi connectivity index (χ1n) is 4.08. The number of anilines is 1. The van der Waals surface area contributed by atoms with E-state index in [1.807, 2.05) is 6.07 Å². The predicted molar refractivity (Wildman–Crippen MR) is 53.6 cm³/mol. The van der Waals surface area contributed by atoms with Crippen molar-refractivity contribution in [2.24, 2.45) is 7.05 Å². The van der Waals surface area contributed by atoms with Crippen molar-refractivity contribution in [1.82, 2.24) is 4.57 Å². The number of aromatic nitrogens is 1. The van der Waals surface area contributed by atoms with Crippen molar-refractivity contribution in [2.45, 2.75) is 6.42 Å². The molecule has 0 saturated carbocycles. The standard InChI is InChI=1S/C10H12N2O/c1-3-4-6-11-9-5-7-12(2)10(13)8-9/h1,5,7-8,11H,4,6H2,2H3. The maximum absolute atomic E-state index is 11.2. The van der Waals surface area contributed by atoms with Crippen LogP contribution in [0.2, 0.25) is 0 Å². The van der Waals surface area contributed by atoms with Gasteiger partial charge in [0.05, 0.1) is 0 Å². The first kappa shape index (κ1) is 9.40. The van der Waals surface area contributed by atoms with Gasteiger partial charge in [-0.1, -0.05) is 0 Å². The van der Waals surface area contributed by atoms with Gasteiger partial charge in [0.1, 0.15) is 0 Å². The number of nitrogens with zero attached hydrogens (tertiary/aromatic N) is 1. The minimum atomic E-state index is -0.0225. The van der Waals surface area contributed by atoms with Crippen molar-refractivity contribution in [1.29, 1.82) is 0 Å². The number of hydrogen-bond acceptors (Lipinski definition) is 2. The Hall–Kier alpha value is -1.69. The van der Waals surface area contributed by atoms with Crippen molar-refractivity contribution >= 4 is 5.69 Å². The zero-order valence-corrected chi connectivity index (χ0v) is 7.58. The van der Waals surface area contributed by atoms with Gasteiger partial charge in [0.15, 0.2) is 0 Å². The molecule has 0 aromatic carbocycles. The normalized spacial score (nSPS) is 9.23. The molecule has 0 saturated heterocycles. The molecule has 68 valence electrons. The molecule has 0 aliphatic carbocycles. The average molecular weight is 176 g/mol. The summed E-state index contributed by atoms with van der Waals surface area (Å²) in [6.45, 7) is 0.698. The molecule has 1 rings (SSSR count). The number of rotatable bonds is 3. The molecule has 0 spiro atoms. The number of nitrogens with one attached hydrogen (secondary N) is 1. The van der Waals surface area contributed by atoms with Crippen molar-refractivity contribution in [2.75, 3.05) is 11.9 Å². The lowest BCUT2D eigenvalue weighted by atomic mass is 10.3. The molecule has 0 unspecified atom stereocenters. The van der Waals surface area contributed by atoms with Crippen LogP contribution in [0.25, 0.3) is 0 Å². The van der Waals surface area contributed by atoms with E-state index in [-0.39, 0.29) is 5.56 Å². The Bertz CT molecular complexity index is 373. The fraction of sp³-hybridized carbons (Fsp3) is 0.300. The summed E-state index contributed by atoms with van der Waals surface area (Å²) in [4.78, 5) is 11.2. The van der Waals surface area contributed by atoms with Gasteiger partial charge >= 0.3 is 0 Å². The average Bonchev–Trinajstić information content (AvgIpc) is 2.12. The Morgan fingerprint density at radius 3 is 3.08 bits per heavy atom. The monoisotopic (exact) mass is 176 g/mol. The molecule has 13 heavy (non-hydrogen) atoms. The molecule has 0 aliphatic heterocycles. The molecule has 1 N–H and O–H groups in total. The molecular weight excluding hydrogens is 164 g/mol. The van der Waals surface area contributed by atoms with Gasteiger partial charge in [0, 0.05) is 38.0 Å². The Kier molecular flexibility index (Phi) is 3.15. The highest BCUT2D eigenvalue weighted by atomic mass is 16.1. The van der Waals surface area contributed by atoms with Crippen LogP contribution in [0.4, 0.5) is 5.69 Å². The fourth-order valence-corrected chi connectivity index (χ4v) is 0.937. The minimum Gasteiger partial charge on any atom is -0.384 e. The lowest BCUT2D eigenvalue weighted by Gasteiger charge is -2.03. The lowest BCUT2D eigenvalue weighted by Crippen LogP contribution is -2.15. The summed E-state index contributed by atoms with van der Waals surface area (Å²) < 4.78 is 1.52. The number of pyridine rings is 1. The van der Waals surface area contributed by atoms with Gasteiger partial charge < -0.3 is 9.88 Å². The van der Waals surface area contributed by atoms with Crippen LogP contribution in [0.15, 0.2) is 23.1 Å². The van der Waals surface area contributed by atoms with Gasteiger partial charge in [0.25, 0.3) is 5.56 Å². The quantitative estimate of drug-likeness (QED) is 0.546. The Balaban J connectivity index is 2.65. The summed E-state index contributed by atoms with van der Waals surface area (Å²) >= 11 is 0. The van der Waals surface area contributed by atoms with Crippen molar-refractivity contribution in [3.05, 3.63) is 28.7 Å². The summed E-state index contributed by atoms with van der Waals surface area (Å²) in [5.41, 5.74) is 0.795. The van der Waals surface area contributed by atoms with Gasteiger partial charge in [-0.15, -0.1) is 12.3 Å². The maximum Gasteiger partial charge on any atom is 0.252 e. The first-order chi connectivity index (χ1) is 6.24. The predicted octanol–water partition coefficient (Wildman–Crippen LogP) is 0.820. The van der Waals surface area contributed by atoms with Crippen LogP contribution < -0.4 is 10.9 Å². The molecule has 0 radical (unpaired) electrons. The van der Waals surface area contributed by atoms with Crippen molar-refractivity contribution < 1.29 is 0 Å². The van der Waals surface area contributed by atoms with Gasteiger partial charge in [-0.2, -0.15) is 0 Å².